The number of likely N-dealkylation sites (N-methyl/N-ethyl adjacent to an activating group) is 1. The molecule has 3 rings (SSSR count). The average molecular weight is 393 g/mol. The van der Waals surface area contributed by atoms with Crippen LogP contribution in [-0.2, 0) is 4.74 Å². The molecule has 1 aromatic carbocycles. The fourth-order valence-corrected chi connectivity index (χ4v) is 4.50. The van der Waals surface area contributed by atoms with Crippen LogP contribution in [0.1, 0.15) is 24.0 Å². The fraction of sp³-hybridized carbons (Fsp3) is 0.667. The van der Waals surface area contributed by atoms with E-state index in [4.69, 9.17) is 17.0 Å². The standard InChI is InChI=1S/C21H34N4OS/c1-17-4-5-20(18(2)16-17)22-21(27)25-8-6-19(7-9-25)23(3)10-11-24-12-14-26-15-13-24/h4-5,16,19H,6-15H2,1-3H3,(H,22,27)/p+2. The van der Waals surface area contributed by atoms with Gasteiger partial charge >= 0.3 is 0 Å². The van der Waals surface area contributed by atoms with Crippen LogP contribution in [0.2, 0.25) is 0 Å². The van der Waals surface area contributed by atoms with Crippen LogP contribution < -0.4 is 15.1 Å². The maximum absolute atomic E-state index is 5.68. The van der Waals surface area contributed by atoms with Crippen molar-refractivity contribution in [1.82, 2.24) is 4.90 Å². The van der Waals surface area contributed by atoms with Gasteiger partial charge in [-0.1, -0.05) is 17.7 Å². The van der Waals surface area contributed by atoms with Crippen LogP contribution in [0, 0.1) is 13.8 Å². The monoisotopic (exact) mass is 392 g/mol. The van der Waals surface area contributed by atoms with Crippen molar-refractivity contribution in [2.45, 2.75) is 32.7 Å². The summed E-state index contributed by atoms with van der Waals surface area (Å²) in [7, 11) is 2.37. The number of rotatable bonds is 5. The van der Waals surface area contributed by atoms with Crippen LogP contribution in [0.25, 0.3) is 0 Å². The van der Waals surface area contributed by atoms with Crippen molar-refractivity contribution in [1.29, 1.82) is 0 Å². The third-order valence-electron chi connectivity index (χ3n) is 6.18. The summed E-state index contributed by atoms with van der Waals surface area (Å²) in [6.45, 7) is 13.1. The first-order valence-corrected chi connectivity index (χ1v) is 10.8. The molecular formula is C21H36N4OS+2. The van der Waals surface area contributed by atoms with E-state index in [0.29, 0.717) is 0 Å². The van der Waals surface area contributed by atoms with Gasteiger partial charge in [-0.3, -0.25) is 0 Å². The molecule has 27 heavy (non-hydrogen) atoms. The van der Waals surface area contributed by atoms with Crippen molar-refractivity contribution < 1.29 is 14.5 Å². The maximum Gasteiger partial charge on any atom is 0.173 e. The first kappa shape index (κ1) is 20.5. The zero-order valence-electron chi connectivity index (χ0n) is 17.1. The van der Waals surface area contributed by atoms with E-state index in [9.17, 15) is 0 Å². The molecule has 5 nitrogen and oxygen atoms in total. The quantitative estimate of drug-likeness (QED) is 0.611. The van der Waals surface area contributed by atoms with Crippen molar-refractivity contribution in [2.75, 3.05) is 64.8 Å². The van der Waals surface area contributed by atoms with Gasteiger partial charge in [0.05, 0.1) is 26.3 Å². The Labute approximate surface area is 169 Å². The van der Waals surface area contributed by atoms with Crippen LogP contribution in [0.15, 0.2) is 18.2 Å². The minimum Gasteiger partial charge on any atom is -0.370 e. The van der Waals surface area contributed by atoms with Crippen molar-refractivity contribution in [2.24, 2.45) is 0 Å². The number of hydrogen-bond acceptors (Lipinski definition) is 2. The molecule has 0 aromatic heterocycles. The second-order valence-electron chi connectivity index (χ2n) is 8.22. The molecule has 2 aliphatic rings. The Morgan fingerprint density at radius 2 is 1.96 bits per heavy atom. The predicted octanol–water partition coefficient (Wildman–Crippen LogP) is -0.106. The Morgan fingerprint density at radius 3 is 2.63 bits per heavy atom. The minimum absolute atomic E-state index is 0.755. The van der Waals surface area contributed by atoms with Gasteiger partial charge in [0.2, 0.25) is 0 Å². The van der Waals surface area contributed by atoms with Crippen molar-refractivity contribution >= 4 is 23.0 Å². The second-order valence-corrected chi connectivity index (χ2v) is 8.61. The topological polar surface area (TPSA) is 33.4 Å². The SMILES string of the molecule is Cc1ccc(NC(=S)N2CCC([NH+](C)CC[NH+]3CCOCC3)CC2)c(C)c1. The number of morpholine rings is 1. The summed E-state index contributed by atoms with van der Waals surface area (Å²) in [6.07, 6.45) is 2.44. The number of quaternary nitrogens is 2. The normalized spacial score (nSPS) is 20.5. The number of thiocarbonyl (C=S) groups is 1. The number of ether oxygens (including phenoxy) is 1. The number of nitrogens with zero attached hydrogens (tertiary/aromatic N) is 1. The molecule has 6 heteroatoms. The molecule has 2 saturated heterocycles. The smallest absolute Gasteiger partial charge is 0.173 e. The van der Waals surface area contributed by atoms with Gasteiger partial charge < -0.3 is 24.8 Å². The lowest BCUT2D eigenvalue weighted by Gasteiger charge is -2.36. The third-order valence-corrected chi connectivity index (χ3v) is 6.54. The molecule has 0 bridgehead atoms. The Kier molecular flexibility index (Phi) is 7.47. The van der Waals surface area contributed by atoms with E-state index in [1.165, 1.54) is 50.1 Å². The van der Waals surface area contributed by atoms with E-state index in [2.05, 4.69) is 49.3 Å². The lowest BCUT2D eigenvalue weighted by atomic mass is 10.0. The lowest BCUT2D eigenvalue weighted by Crippen LogP contribution is -3.21. The van der Waals surface area contributed by atoms with Gasteiger partial charge in [-0.25, -0.2) is 0 Å². The van der Waals surface area contributed by atoms with E-state index < -0.39 is 0 Å². The van der Waals surface area contributed by atoms with Crippen LogP contribution in [0.3, 0.4) is 0 Å². The summed E-state index contributed by atoms with van der Waals surface area (Å²) >= 11 is 5.68. The fourth-order valence-electron chi connectivity index (χ4n) is 4.21. The van der Waals surface area contributed by atoms with Gasteiger partial charge in [-0.15, -0.1) is 0 Å². The molecule has 2 heterocycles. The zero-order valence-corrected chi connectivity index (χ0v) is 18.0. The van der Waals surface area contributed by atoms with Gasteiger partial charge in [0.15, 0.2) is 5.11 Å². The molecule has 1 aromatic rings. The number of nitrogens with one attached hydrogen (secondary N) is 3. The van der Waals surface area contributed by atoms with E-state index >= 15 is 0 Å². The molecule has 1 atom stereocenters. The Bertz CT molecular complexity index is 625. The van der Waals surface area contributed by atoms with Crippen LogP contribution in [-0.4, -0.2) is 75.6 Å². The molecule has 2 aliphatic heterocycles. The number of benzene rings is 1. The lowest BCUT2D eigenvalue weighted by molar-refractivity contribution is -0.964. The molecular weight excluding hydrogens is 356 g/mol. The molecule has 0 aliphatic carbocycles. The van der Waals surface area contributed by atoms with Crippen LogP contribution in [0.4, 0.5) is 5.69 Å². The number of hydrogen-bond donors (Lipinski definition) is 3. The molecule has 1 unspecified atom stereocenters. The first-order chi connectivity index (χ1) is 13.0. The van der Waals surface area contributed by atoms with E-state index in [1.807, 2.05) is 0 Å². The maximum atomic E-state index is 5.68. The van der Waals surface area contributed by atoms with E-state index in [0.717, 1.165) is 43.1 Å². The molecule has 2 fully saturated rings. The summed E-state index contributed by atoms with van der Waals surface area (Å²) < 4.78 is 5.46. The van der Waals surface area contributed by atoms with Crippen LogP contribution in [0.5, 0.6) is 0 Å². The Balaban J connectivity index is 1.41. The first-order valence-electron chi connectivity index (χ1n) is 10.4. The summed E-state index contributed by atoms with van der Waals surface area (Å²) in [4.78, 5) is 5.73. The number of anilines is 1. The van der Waals surface area contributed by atoms with Crippen molar-refractivity contribution in [3.8, 4) is 0 Å². The van der Waals surface area contributed by atoms with Gasteiger partial charge in [-0.2, -0.15) is 0 Å². The highest BCUT2D eigenvalue weighted by molar-refractivity contribution is 7.80. The average Bonchev–Trinajstić information content (AvgIpc) is 2.69. The van der Waals surface area contributed by atoms with Gasteiger partial charge in [-0.05, 0) is 37.7 Å². The van der Waals surface area contributed by atoms with Crippen LogP contribution >= 0.6 is 12.2 Å². The van der Waals surface area contributed by atoms with E-state index in [1.54, 1.807) is 9.80 Å². The largest absolute Gasteiger partial charge is 0.370 e. The Hall–Kier alpha value is -1.21. The van der Waals surface area contributed by atoms with Gasteiger partial charge in [0.25, 0.3) is 0 Å². The number of aryl methyl sites for hydroxylation is 2. The van der Waals surface area contributed by atoms with Gasteiger partial charge in [0.1, 0.15) is 26.2 Å². The zero-order chi connectivity index (χ0) is 19.2. The summed E-state index contributed by atoms with van der Waals surface area (Å²) in [5.41, 5.74) is 3.67. The highest BCUT2D eigenvalue weighted by Gasteiger charge is 2.27. The molecule has 0 spiro atoms. The molecule has 0 amide bonds. The third kappa shape index (κ3) is 5.88. The predicted molar refractivity (Wildman–Crippen MR) is 115 cm³/mol. The summed E-state index contributed by atoms with van der Waals surface area (Å²) in [5.74, 6) is 0. The highest BCUT2D eigenvalue weighted by atomic mass is 32.1. The number of piperidine rings is 1. The Morgan fingerprint density at radius 1 is 1.26 bits per heavy atom. The highest BCUT2D eigenvalue weighted by Crippen LogP contribution is 2.18. The van der Waals surface area contributed by atoms with E-state index in [-0.39, 0.29) is 0 Å². The minimum atomic E-state index is 0.755. The van der Waals surface area contributed by atoms with Crippen molar-refractivity contribution in [3.05, 3.63) is 29.3 Å². The summed E-state index contributed by atoms with van der Waals surface area (Å²) in [6, 6.07) is 7.23. The molecule has 0 radical (unpaired) electrons. The van der Waals surface area contributed by atoms with Crippen molar-refractivity contribution in [3.63, 3.8) is 0 Å². The molecule has 150 valence electrons. The van der Waals surface area contributed by atoms with Gasteiger partial charge in [0, 0.05) is 31.6 Å². The number of likely N-dealkylation sites (tertiary alicyclic amines) is 1. The second kappa shape index (κ2) is 9.82. The molecule has 3 N–H and O–H groups in total. The summed E-state index contributed by atoms with van der Waals surface area (Å²) in [5, 5.41) is 4.33. The molecule has 0 saturated carbocycles.